The minimum absolute atomic E-state index is 0. The smallest absolute Gasteiger partial charge is 0.124 e. The van der Waals surface area contributed by atoms with E-state index < -0.39 is 0 Å². The molecule has 374 valence electrons. The van der Waals surface area contributed by atoms with E-state index in [1.807, 2.05) is 48.8 Å². The quantitative estimate of drug-likeness (QED) is 0.128. The molecule has 13 nitrogen and oxygen atoms in total. The lowest BCUT2D eigenvalue weighted by Gasteiger charge is -2.41. The number of aromatic amines is 2. The molecular formula is C55H74Cl2N12O. The Hall–Kier alpha value is -5.28. The standard InChI is InChI=1S/C30H35ClN6O.C22H27ClN6.3CH4/c1-35-16-18-36(19-17-35)25-8-3-7-24-29(25)34-30(33-24)27-10-4-9-26(28-23(31)6-5-15-32-28)37(27)20-21-11-13-22(38-2)14-12-21;1-28-11-13-29(14-12-28)19-9-3-7-17-21(19)27-22(26-17)18-8-2-6-16(25-18)20-15(23)5-4-10-24-20;;;/h3,5-8,11-15,26-27H,4,9-10,16-20H2,1-2H3,(H,33,34);3-5,7,9-10,16,18,25H,2,6,8,11-14H2,1H3,(H,26,27);3*1H4/t26-,27+;16-,18+;;;/m00.../s1. The fourth-order valence-electron chi connectivity index (χ4n) is 10.5. The summed E-state index contributed by atoms with van der Waals surface area (Å²) in [7, 11) is 6.08. The molecule has 4 aliphatic rings. The fourth-order valence-corrected chi connectivity index (χ4v) is 11.0. The van der Waals surface area contributed by atoms with Crippen molar-refractivity contribution in [1.82, 2.24) is 49.9 Å². The van der Waals surface area contributed by atoms with Crippen LogP contribution in [0.4, 0.5) is 11.4 Å². The van der Waals surface area contributed by atoms with Crippen LogP contribution in [0.3, 0.4) is 0 Å². The lowest BCUT2D eigenvalue weighted by atomic mass is 9.92. The number of rotatable bonds is 9. The number of pyridine rings is 2. The highest BCUT2D eigenvalue weighted by Crippen LogP contribution is 2.44. The van der Waals surface area contributed by atoms with Crippen LogP contribution in [0.25, 0.3) is 22.1 Å². The van der Waals surface area contributed by atoms with Crippen molar-refractivity contribution in [2.75, 3.05) is 83.4 Å². The first-order valence-electron chi connectivity index (χ1n) is 24.0. The largest absolute Gasteiger partial charge is 0.497 e. The summed E-state index contributed by atoms with van der Waals surface area (Å²) >= 11 is 13.1. The molecule has 0 unspecified atom stereocenters. The van der Waals surface area contributed by atoms with Crippen LogP contribution in [0.5, 0.6) is 5.75 Å². The number of anilines is 2. The average Bonchev–Trinajstić information content (AvgIpc) is 4.01. The third-order valence-corrected chi connectivity index (χ3v) is 14.9. The number of hydrogen-bond donors (Lipinski definition) is 3. The number of methoxy groups -OCH3 is 1. The molecule has 0 amide bonds. The summed E-state index contributed by atoms with van der Waals surface area (Å²) in [6.07, 6.45) is 10.0. The molecule has 0 spiro atoms. The molecule has 3 aromatic carbocycles. The van der Waals surface area contributed by atoms with E-state index in [1.165, 1.54) is 16.9 Å². The van der Waals surface area contributed by atoms with Crippen LogP contribution in [0.15, 0.2) is 97.3 Å². The molecule has 4 fully saturated rings. The number of nitrogens with one attached hydrogen (secondary N) is 3. The number of fused-ring (bicyclic) bond motifs is 2. The van der Waals surface area contributed by atoms with E-state index in [9.17, 15) is 0 Å². The molecule has 4 aromatic heterocycles. The van der Waals surface area contributed by atoms with Crippen LogP contribution in [0.2, 0.25) is 10.0 Å². The van der Waals surface area contributed by atoms with E-state index in [4.69, 9.17) is 42.9 Å². The van der Waals surface area contributed by atoms with Gasteiger partial charge in [-0.1, -0.05) is 69.7 Å². The number of piperidine rings is 2. The number of likely N-dealkylation sites (N-methyl/N-ethyl adjacent to an activating group) is 2. The molecule has 4 aliphatic heterocycles. The van der Waals surface area contributed by atoms with Crippen LogP contribution in [0, 0.1) is 0 Å². The number of para-hydroxylation sites is 2. The highest BCUT2D eigenvalue weighted by molar-refractivity contribution is 6.31. The number of halogens is 2. The van der Waals surface area contributed by atoms with Gasteiger partial charge < -0.3 is 34.3 Å². The Morgan fingerprint density at radius 1 is 0.571 bits per heavy atom. The number of ether oxygens (including phenoxy) is 1. The minimum Gasteiger partial charge on any atom is -0.497 e. The van der Waals surface area contributed by atoms with Gasteiger partial charge in [-0.25, -0.2) is 9.97 Å². The topological polar surface area (TPSA) is 121 Å². The molecule has 15 heteroatoms. The summed E-state index contributed by atoms with van der Waals surface area (Å²) in [5, 5.41) is 5.18. The predicted octanol–water partition coefficient (Wildman–Crippen LogP) is 11.7. The van der Waals surface area contributed by atoms with Gasteiger partial charge in [-0.15, -0.1) is 0 Å². The second-order valence-corrected chi connectivity index (χ2v) is 19.4. The summed E-state index contributed by atoms with van der Waals surface area (Å²) in [5.41, 5.74) is 9.91. The lowest BCUT2D eigenvalue weighted by Crippen LogP contribution is -2.44. The van der Waals surface area contributed by atoms with Gasteiger partial charge in [0.25, 0.3) is 0 Å². The van der Waals surface area contributed by atoms with Crippen molar-refractivity contribution in [3.63, 3.8) is 0 Å². The van der Waals surface area contributed by atoms with Crippen molar-refractivity contribution in [2.45, 2.75) is 91.5 Å². The van der Waals surface area contributed by atoms with Gasteiger partial charge >= 0.3 is 0 Å². The van der Waals surface area contributed by atoms with Gasteiger partial charge in [-0.05, 0) is 119 Å². The molecule has 3 N–H and O–H groups in total. The van der Waals surface area contributed by atoms with Crippen molar-refractivity contribution >= 4 is 56.6 Å². The molecule has 70 heavy (non-hydrogen) atoms. The third kappa shape index (κ3) is 11.4. The van der Waals surface area contributed by atoms with Gasteiger partial charge in [0.15, 0.2) is 0 Å². The summed E-state index contributed by atoms with van der Waals surface area (Å²) in [6, 6.07) is 29.5. The second-order valence-electron chi connectivity index (χ2n) is 18.6. The summed E-state index contributed by atoms with van der Waals surface area (Å²) in [5.74, 6) is 2.90. The zero-order chi connectivity index (χ0) is 45.9. The normalized spacial score (nSPS) is 21.3. The molecule has 4 atom stereocenters. The number of H-pyrrole nitrogens is 2. The Bertz CT molecular complexity index is 2750. The molecule has 0 bridgehead atoms. The van der Waals surface area contributed by atoms with Crippen molar-refractivity contribution in [1.29, 1.82) is 0 Å². The molecule has 11 rings (SSSR count). The van der Waals surface area contributed by atoms with Gasteiger partial charge in [0.05, 0.1) is 75.1 Å². The molecule has 0 aliphatic carbocycles. The molecular weight excluding hydrogens is 916 g/mol. The first-order chi connectivity index (χ1) is 32.8. The van der Waals surface area contributed by atoms with Crippen molar-refractivity contribution in [3.05, 3.63) is 136 Å². The molecule has 7 aromatic rings. The van der Waals surface area contributed by atoms with E-state index >= 15 is 0 Å². The third-order valence-electron chi connectivity index (χ3n) is 14.2. The average molecular weight is 990 g/mol. The molecule has 0 radical (unpaired) electrons. The molecule has 4 saturated heterocycles. The highest BCUT2D eigenvalue weighted by atomic mass is 35.5. The fraction of sp³-hybridized carbons (Fsp3) is 0.455. The lowest BCUT2D eigenvalue weighted by molar-refractivity contribution is 0.0667. The predicted molar refractivity (Wildman–Crippen MR) is 291 cm³/mol. The zero-order valence-corrected chi connectivity index (χ0v) is 40.4. The van der Waals surface area contributed by atoms with E-state index in [0.29, 0.717) is 0 Å². The Balaban J connectivity index is 0.000000204. The Morgan fingerprint density at radius 3 is 1.66 bits per heavy atom. The minimum atomic E-state index is 0. The Labute approximate surface area is 426 Å². The number of nitrogens with zero attached hydrogens (tertiary/aromatic N) is 9. The van der Waals surface area contributed by atoms with Crippen molar-refractivity contribution < 1.29 is 4.74 Å². The number of aromatic nitrogens is 6. The van der Waals surface area contributed by atoms with Gasteiger partial charge in [0.1, 0.15) is 28.4 Å². The monoisotopic (exact) mass is 989 g/mol. The van der Waals surface area contributed by atoms with E-state index in [0.717, 1.165) is 158 Å². The van der Waals surface area contributed by atoms with Gasteiger partial charge in [-0.2, -0.15) is 0 Å². The molecule has 8 heterocycles. The van der Waals surface area contributed by atoms with Gasteiger partial charge in [0, 0.05) is 71.3 Å². The SMILES string of the molecule is C.C.C.CN1CCN(c2cccc3[nH]c([C@H]4CCC[C@@H](c5ncccc5Cl)N4)nc23)CC1.COc1ccc(CN2[C@@H](c3nc4c(N5CCN(C)CC5)cccc4[nH]3)CCC[C@H]2c2ncccc2Cl)cc1. The van der Waals surface area contributed by atoms with E-state index in [-0.39, 0.29) is 46.4 Å². The summed E-state index contributed by atoms with van der Waals surface area (Å²) in [6.45, 7) is 9.20. The van der Waals surface area contributed by atoms with Crippen LogP contribution < -0.4 is 19.9 Å². The first-order valence-corrected chi connectivity index (χ1v) is 24.7. The van der Waals surface area contributed by atoms with Crippen LogP contribution in [0.1, 0.15) is 114 Å². The zero-order valence-electron chi connectivity index (χ0n) is 38.8. The van der Waals surface area contributed by atoms with Crippen LogP contribution >= 0.6 is 23.2 Å². The first kappa shape index (κ1) is 52.5. The summed E-state index contributed by atoms with van der Waals surface area (Å²) < 4.78 is 5.39. The number of likely N-dealkylation sites (tertiary alicyclic amines) is 1. The second kappa shape index (κ2) is 23.8. The summed E-state index contributed by atoms with van der Waals surface area (Å²) in [4.78, 5) is 39.1. The number of imidazole rings is 2. The maximum absolute atomic E-state index is 6.70. The van der Waals surface area contributed by atoms with Crippen molar-refractivity contribution in [3.8, 4) is 5.75 Å². The Morgan fingerprint density at radius 2 is 1.09 bits per heavy atom. The van der Waals surface area contributed by atoms with Crippen LogP contribution in [-0.4, -0.2) is 118 Å². The van der Waals surface area contributed by atoms with Gasteiger partial charge in [-0.3, -0.25) is 20.2 Å². The maximum atomic E-state index is 6.70. The van der Waals surface area contributed by atoms with E-state index in [2.05, 4.69) is 107 Å². The van der Waals surface area contributed by atoms with E-state index in [1.54, 1.807) is 7.11 Å². The van der Waals surface area contributed by atoms with Gasteiger partial charge in [0.2, 0.25) is 0 Å². The maximum Gasteiger partial charge on any atom is 0.124 e. The molecule has 0 saturated carbocycles. The Kier molecular flexibility index (Phi) is 17.8. The number of piperazine rings is 2. The van der Waals surface area contributed by atoms with Crippen molar-refractivity contribution in [2.24, 2.45) is 0 Å². The van der Waals surface area contributed by atoms with Crippen LogP contribution in [-0.2, 0) is 6.54 Å². The highest BCUT2D eigenvalue weighted by Gasteiger charge is 2.36. The number of hydrogen-bond acceptors (Lipinski definition) is 11. The number of benzene rings is 3.